The summed E-state index contributed by atoms with van der Waals surface area (Å²) in [6.07, 6.45) is 2.02. The smallest absolute Gasteiger partial charge is 0.319 e. The standard InChI is InChI=1S/C34H27NO5/c1-18-8-12-22(16-19(18)2)35-32(36)29-25(21-9-13-23(39-3)14-10-21)17-26-28-24-7-5-4-6-20(24)11-15-27(28)40-34(38)30(26)31(29)33(35)37/h4-17,25,29-31H,1-3H3/t25-,29-,30-,31-/m0/s1. The number of hydrogen-bond donors (Lipinski definition) is 0. The molecule has 3 aliphatic rings. The molecule has 2 heterocycles. The van der Waals surface area contributed by atoms with Crippen LogP contribution in [0.1, 0.15) is 28.2 Å². The number of ether oxygens (including phenoxy) is 2. The molecule has 40 heavy (non-hydrogen) atoms. The number of rotatable bonds is 3. The Labute approximate surface area is 231 Å². The zero-order chi connectivity index (χ0) is 27.7. The van der Waals surface area contributed by atoms with Crippen molar-refractivity contribution >= 4 is 39.8 Å². The molecule has 1 aliphatic carbocycles. The number of allylic oxidation sites excluding steroid dienone is 1. The largest absolute Gasteiger partial charge is 0.497 e. The Balaban J connectivity index is 1.46. The van der Waals surface area contributed by atoms with Crippen molar-refractivity contribution in [2.75, 3.05) is 12.0 Å². The number of esters is 1. The lowest BCUT2D eigenvalue weighted by Gasteiger charge is -2.38. The van der Waals surface area contributed by atoms with Gasteiger partial charge in [0.15, 0.2) is 0 Å². The molecule has 1 fully saturated rings. The van der Waals surface area contributed by atoms with Gasteiger partial charge in [0.2, 0.25) is 11.8 Å². The second-order valence-corrected chi connectivity index (χ2v) is 10.8. The third-order valence-corrected chi connectivity index (χ3v) is 8.73. The summed E-state index contributed by atoms with van der Waals surface area (Å²) in [5.74, 6) is -2.94. The van der Waals surface area contributed by atoms with Gasteiger partial charge < -0.3 is 9.47 Å². The summed E-state index contributed by atoms with van der Waals surface area (Å²) in [7, 11) is 1.61. The number of fused-ring (bicyclic) bond motifs is 7. The first-order valence-electron chi connectivity index (χ1n) is 13.4. The molecule has 2 amide bonds. The van der Waals surface area contributed by atoms with Crippen LogP contribution in [0.15, 0.2) is 84.9 Å². The van der Waals surface area contributed by atoms with Gasteiger partial charge in [-0.3, -0.25) is 14.4 Å². The Morgan fingerprint density at radius 3 is 2.30 bits per heavy atom. The number of anilines is 1. The van der Waals surface area contributed by atoms with Gasteiger partial charge >= 0.3 is 5.97 Å². The molecule has 0 bridgehead atoms. The summed E-state index contributed by atoms with van der Waals surface area (Å²) in [5.41, 5.74) is 5.01. The first-order chi connectivity index (χ1) is 19.4. The highest BCUT2D eigenvalue weighted by Crippen LogP contribution is 2.55. The van der Waals surface area contributed by atoms with Gasteiger partial charge in [0.1, 0.15) is 11.5 Å². The van der Waals surface area contributed by atoms with Gasteiger partial charge in [-0.1, -0.05) is 54.6 Å². The molecule has 4 aromatic rings. The molecular formula is C34H27NO5. The molecule has 6 heteroatoms. The van der Waals surface area contributed by atoms with E-state index in [-0.39, 0.29) is 11.8 Å². The highest BCUT2D eigenvalue weighted by Gasteiger charge is 2.60. The third-order valence-electron chi connectivity index (χ3n) is 8.73. The molecule has 0 spiro atoms. The monoisotopic (exact) mass is 529 g/mol. The van der Waals surface area contributed by atoms with Crippen LogP contribution in [0.25, 0.3) is 16.3 Å². The summed E-state index contributed by atoms with van der Waals surface area (Å²) >= 11 is 0. The van der Waals surface area contributed by atoms with Crippen LogP contribution >= 0.6 is 0 Å². The number of carbonyl (C=O) groups is 3. The number of methoxy groups -OCH3 is 1. The van der Waals surface area contributed by atoms with Crippen LogP contribution in [-0.2, 0) is 14.4 Å². The van der Waals surface area contributed by atoms with Crippen LogP contribution in [0, 0.1) is 31.6 Å². The van der Waals surface area contributed by atoms with E-state index in [2.05, 4.69) is 0 Å². The van der Waals surface area contributed by atoms with E-state index in [9.17, 15) is 14.4 Å². The minimum absolute atomic E-state index is 0.300. The molecule has 2 aliphatic heterocycles. The van der Waals surface area contributed by atoms with Gasteiger partial charge in [-0.05, 0) is 77.2 Å². The van der Waals surface area contributed by atoms with Crippen molar-refractivity contribution in [2.45, 2.75) is 19.8 Å². The molecule has 4 atom stereocenters. The first kappa shape index (κ1) is 24.3. The van der Waals surface area contributed by atoms with Gasteiger partial charge in [-0.25, -0.2) is 4.90 Å². The average molecular weight is 530 g/mol. The minimum atomic E-state index is -0.888. The number of carbonyl (C=O) groups excluding carboxylic acids is 3. The molecule has 1 saturated heterocycles. The van der Waals surface area contributed by atoms with Crippen LogP contribution in [0.4, 0.5) is 5.69 Å². The lowest BCUT2D eigenvalue weighted by atomic mass is 9.64. The zero-order valence-electron chi connectivity index (χ0n) is 22.4. The van der Waals surface area contributed by atoms with Crippen molar-refractivity contribution in [2.24, 2.45) is 17.8 Å². The highest BCUT2D eigenvalue weighted by atomic mass is 16.5. The number of amides is 2. The van der Waals surface area contributed by atoms with E-state index < -0.39 is 29.6 Å². The van der Waals surface area contributed by atoms with Crippen LogP contribution in [0.5, 0.6) is 11.5 Å². The Kier molecular flexibility index (Phi) is 5.42. The van der Waals surface area contributed by atoms with Crippen molar-refractivity contribution in [1.29, 1.82) is 0 Å². The van der Waals surface area contributed by atoms with Gasteiger partial charge in [-0.15, -0.1) is 0 Å². The predicted molar refractivity (Wildman–Crippen MR) is 152 cm³/mol. The van der Waals surface area contributed by atoms with Crippen molar-refractivity contribution in [3.63, 3.8) is 0 Å². The molecule has 0 N–H and O–H groups in total. The van der Waals surface area contributed by atoms with Gasteiger partial charge in [-0.2, -0.15) is 0 Å². The number of nitrogens with zero attached hydrogens (tertiary/aromatic N) is 1. The van der Waals surface area contributed by atoms with E-state index in [1.807, 2.05) is 92.7 Å². The topological polar surface area (TPSA) is 72.9 Å². The van der Waals surface area contributed by atoms with E-state index in [1.54, 1.807) is 13.2 Å². The van der Waals surface area contributed by atoms with Crippen LogP contribution in [0.3, 0.4) is 0 Å². The maximum absolute atomic E-state index is 14.3. The molecule has 0 radical (unpaired) electrons. The van der Waals surface area contributed by atoms with E-state index >= 15 is 0 Å². The van der Waals surface area contributed by atoms with E-state index in [0.29, 0.717) is 17.2 Å². The lowest BCUT2D eigenvalue weighted by molar-refractivity contribution is -0.142. The Hall–Kier alpha value is -4.71. The number of benzene rings is 4. The normalized spacial score (nSPS) is 23.3. The van der Waals surface area contributed by atoms with Crippen molar-refractivity contribution < 1.29 is 23.9 Å². The lowest BCUT2D eigenvalue weighted by Crippen LogP contribution is -2.42. The molecule has 6 nitrogen and oxygen atoms in total. The molecule has 198 valence electrons. The summed E-state index contributed by atoms with van der Waals surface area (Å²) in [6, 6.07) is 24.8. The van der Waals surface area contributed by atoms with Crippen molar-refractivity contribution in [1.82, 2.24) is 0 Å². The number of aryl methyl sites for hydroxylation is 2. The zero-order valence-corrected chi connectivity index (χ0v) is 22.4. The predicted octanol–water partition coefficient (Wildman–Crippen LogP) is 5.99. The highest BCUT2D eigenvalue weighted by molar-refractivity contribution is 6.25. The van der Waals surface area contributed by atoms with Crippen LogP contribution < -0.4 is 14.4 Å². The Morgan fingerprint density at radius 1 is 0.800 bits per heavy atom. The fraction of sp³-hybridized carbons (Fsp3) is 0.206. The van der Waals surface area contributed by atoms with Gasteiger partial charge in [0.05, 0.1) is 30.6 Å². The van der Waals surface area contributed by atoms with E-state index in [0.717, 1.165) is 38.6 Å². The molecular weight excluding hydrogens is 502 g/mol. The molecule has 4 aromatic carbocycles. The second kappa shape index (κ2) is 8.91. The first-order valence-corrected chi connectivity index (χ1v) is 13.4. The molecule has 0 saturated carbocycles. The van der Waals surface area contributed by atoms with Gasteiger partial charge in [0, 0.05) is 11.5 Å². The van der Waals surface area contributed by atoms with Crippen molar-refractivity contribution in [3.05, 3.63) is 107 Å². The quantitative estimate of drug-likeness (QED) is 0.185. The Morgan fingerprint density at radius 2 is 1.55 bits per heavy atom. The maximum Gasteiger partial charge on any atom is 0.319 e. The van der Waals surface area contributed by atoms with Crippen LogP contribution in [0.2, 0.25) is 0 Å². The SMILES string of the molecule is COc1ccc([C@@H]2C=C3c4c(ccc5ccccc45)OC(=O)[C@@H]3[C@H]3C(=O)N(c4ccc(C)c(C)c4)C(=O)[C@H]32)cc1. The van der Waals surface area contributed by atoms with E-state index in [1.165, 1.54) is 4.90 Å². The maximum atomic E-state index is 14.3. The van der Waals surface area contributed by atoms with Gasteiger partial charge in [0.25, 0.3) is 0 Å². The molecule has 0 aromatic heterocycles. The second-order valence-electron chi connectivity index (χ2n) is 10.8. The fourth-order valence-corrected chi connectivity index (χ4v) is 6.60. The number of imide groups is 1. The summed E-state index contributed by atoms with van der Waals surface area (Å²) in [4.78, 5) is 43.4. The number of hydrogen-bond acceptors (Lipinski definition) is 5. The minimum Gasteiger partial charge on any atom is -0.497 e. The summed E-state index contributed by atoms with van der Waals surface area (Å²) in [6.45, 7) is 3.94. The fourth-order valence-electron chi connectivity index (χ4n) is 6.60. The van der Waals surface area contributed by atoms with Crippen molar-refractivity contribution in [3.8, 4) is 11.5 Å². The summed E-state index contributed by atoms with van der Waals surface area (Å²) < 4.78 is 11.2. The summed E-state index contributed by atoms with van der Waals surface area (Å²) in [5, 5.41) is 1.95. The van der Waals surface area contributed by atoms with Crippen LogP contribution in [-0.4, -0.2) is 24.9 Å². The molecule has 0 unspecified atom stereocenters. The molecule has 7 rings (SSSR count). The average Bonchev–Trinajstić information content (AvgIpc) is 3.23. The van der Waals surface area contributed by atoms with E-state index in [4.69, 9.17) is 9.47 Å². The Bertz CT molecular complexity index is 1770. The third kappa shape index (κ3) is 3.45.